The van der Waals surface area contributed by atoms with E-state index in [2.05, 4.69) is 24.6 Å². The maximum absolute atomic E-state index is 3.65. The molecule has 1 aliphatic heterocycles. The molecule has 1 unspecified atom stereocenters. The molecule has 0 saturated carbocycles. The Morgan fingerprint density at radius 2 is 2.20 bits per heavy atom. The molecule has 1 nitrogen and oxygen atoms in total. The van der Waals surface area contributed by atoms with Gasteiger partial charge >= 0.3 is 6.20 Å². The van der Waals surface area contributed by atoms with Crippen molar-refractivity contribution >= 4 is 0 Å². The Hall–Kier alpha value is -0.550. The summed E-state index contributed by atoms with van der Waals surface area (Å²) in [7, 11) is 0. The van der Waals surface area contributed by atoms with Gasteiger partial charge in [0.1, 0.15) is 0 Å². The van der Waals surface area contributed by atoms with Crippen LogP contribution in [0.5, 0.6) is 0 Å². The predicted molar refractivity (Wildman–Crippen MR) is 43.5 cm³/mol. The smallest absolute Gasteiger partial charge is 0.174 e. The fourth-order valence-electron chi connectivity index (χ4n) is 1.42. The molecule has 0 bridgehead atoms. The van der Waals surface area contributed by atoms with Gasteiger partial charge in [0, 0.05) is 0 Å². The quantitative estimate of drug-likeness (QED) is 0.501. The highest BCUT2D eigenvalue weighted by Gasteiger charge is 2.16. The van der Waals surface area contributed by atoms with Crippen LogP contribution in [0.3, 0.4) is 0 Å². The Bertz CT molecular complexity index is 109. The standard InChI is InChI=1S/C9H16N/c1-3-10-7-4-5-9(2)6-8-10/h9H,1,4-8H2,2H3/q+1. The second-order valence-electron chi connectivity index (χ2n) is 3.18. The normalized spacial score (nSPS) is 27.3. The molecule has 1 aliphatic rings. The zero-order valence-electron chi connectivity index (χ0n) is 6.77. The van der Waals surface area contributed by atoms with Gasteiger partial charge in [-0.25, -0.2) is 0 Å². The maximum Gasteiger partial charge on any atom is 0.361 e. The lowest BCUT2D eigenvalue weighted by Crippen LogP contribution is -2.17. The van der Waals surface area contributed by atoms with E-state index in [1.165, 1.54) is 19.3 Å². The van der Waals surface area contributed by atoms with Gasteiger partial charge in [0.25, 0.3) is 0 Å². The highest BCUT2D eigenvalue weighted by Crippen LogP contribution is 2.15. The SMILES string of the molecule is C=[C+]N1CCCC(C)CC1. The van der Waals surface area contributed by atoms with Gasteiger partial charge in [-0.15, -0.1) is 0 Å². The number of likely N-dealkylation sites (tertiary alicyclic amines) is 1. The number of hydrogen-bond donors (Lipinski definition) is 0. The Morgan fingerprint density at radius 1 is 1.40 bits per heavy atom. The second kappa shape index (κ2) is 3.58. The summed E-state index contributed by atoms with van der Waals surface area (Å²) >= 11 is 0. The molecule has 0 spiro atoms. The first-order valence-corrected chi connectivity index (χ1v) is 4.10. The molecular formula is C9H16N+. The van der Waals surface area contributed by atoms with E-state index in [1.807, 2.05) is 0 Å². The van der Waals surface area contributed by atoms with Crippen molar-refractivity contribution in [2.75, 3.05) is 13.1 Å². The summed E-state index contributed by atoms with van der Waals surface area (Å²) in [5.74, 6) is 0.901. The first kappa shape index (κ1) is 7.56. The summed E-state index contributed by atoms with van der Waals surface area (Å²) in [6.45, 7) is 8.30. The molecule has 0 N–H and O–H groups in total. The van der Waals surface area contributed by atoms with Gasteiger partial charge < -0.3 is 0 Å². The maximum atomic E-state index is 3.65. The minimum atomic E-state index is 0.901. The third-order valence-electron chi connectivity index (χ3n) is 2.24. The van der Waals surface area contributed by atoms with Crippen molar-refractivity contribution in [3.63, 3.8) is 0 Å². The van der Waals surface area contributed by atoms with Crippen LogP contribution in [0.1, 0.15) is 26.2 Å². The summed E-state index contributed by atoms with van der Waals surface area (Å²) in [6, 6.07) is 0. The zero-order chi connectivity index (χ0) is 7.40. The Labute approximate surface area is 63.7 Å². The first-order chi connectivity index (χ1) is 4.83. The molecule has 1 atom stereocenters. The summed E-state index contributed by atoms with van der Waals surface area (Å²) in [4.78, 5) is 2.20. The average Bonchev–Trinajstić information content (AvgIpc) is 2.14. The van der Waals surface area contributed by atoms with E-state index in [4.69, 9.17) is 0 Å². The van der Waals surface area contributed by atoms with Crippen molar-refractivity contribution in [2.24, 2.45) is 5.92 Å². The van der Waals surface area contributed by atoms with Gasteiger partial charge in [-0.1, -0.05) is 6.92 Å². The summed E-state index contributed by atoms with van der Waals surface area (Å²) in [5, 5.41) is 0. The third kappa shape index (κ3) is 2.00. The molecule has 0 aromatic heterocycles. The van der Waals surface area contributed by atoms with Crippen LogP contribution in [-0.4, -0.2) is 18.0 Å². The van der Waals surface area contributed by atoms with E-state index in [0.717, 1.165) is 19.0 Å². The fraction of sp³-hybridized carbons (Fsp3) is 0.778. The number of hydrogen-bond acceptors (Lipinski definition) is 1. The van der Waals surface area contributed by atoms with Gasteiger partial charge in [-0.2, -0.15) is 4.90 Å². The molecule has 1 fully saturated rings. The molecule has 0 aromatic carbocycles. The van der Waals surface area contributed by atoms with E-state index in [-0.39, 0.29) is 0 Å². The minimum absolute atomic E-state index is 0.901. The van der Waals surface area contributed by atoms with Gasteiger partial charge in [-0.05, 0) is 25.2 Å². The largest absolute Gasteiger partial charge is 0.361 e. The van der Waals surface area contributed by atoms with Crippen molar-refractivity contribution in [3.05, 3.63) is 12.8 Å². The van der Waals surface area contributed by atoms with Crippen molar-refractivity contribution in [1.29, 1.82) is 0 Å². The van der Waals surface area contributed by atoms with Gasteiger partial charge in [0.2, 0.25) is 0 Å². The topological polar surface area (TPSA) is 3.24 Å². The lowest BCUT2D eigenvalue weighted by atomic mass is 10.0. The number of nitrogens with zero attached hydrogens (tertiary/aromatic N) is 1. The molecule has 56 valence electrons. The van der Waals surface area contributed by atoms with Crippen LogP contribution in [0.2, 0.25) is 0 Å². The van der Waals surface area contributed by atoms with Crippen LogP contribution in [0.15, 0.2) is 6.58 Å². The lowest BCUT2D eigenvalue weighted by Gasteiger charge is -2.03. The molecule has 0 radical (unpaired) electrons. The molecular weight excluding hydrogens is 122 g/mol. The molecule has 1 heterocycles. The Kier molecular flexibility index (Phi) is 2.70. The van der Waals surface area contributed by atoms with E-state index < -0.39 is 0 Å². The van der Waals surface area contributed by atoms with Gasteiger partial charge in [0.05, 0.1) is 13.1 Å². The lowest BCUT2D eigenvalue weighted by molar-refractivity contribution is 0.369. The molecule has 10 heavy (non-hydrogen) atoms. The minimum Gasteiger partial charge on any atom is -0.174 e. The highest BCUT2D eigenvalue weighted by atomic mass is 15.1. The number of rotatable bonds is 1. The molecule has 0 amide bonds. The van der Waals surface area contributed by atoms with E-state index in [0.29, 0.717) is 0 Å². The predicted octanol–water partition coefficient (Wildman–Crippen LogP) is 2.06. The first-order valence-electron chi connectivity index (χ1n) is 4.10. The van der Waals surface area contributed by atoms with Crippen LogP contribution in [0, 0.1) is 12.1 Å². The second-order valence-corrected chi connectivity index (χ2v) is 3.18. The zero-order valence-corrected chi connectivity index (χ0v) is 6.77. The van der Waals surface area contributed by atoms with E-state index >= 15 is 0 Å². The Morgan fingerprint density at radius 3 is 2.90 bits per heavy atom. The van der Waals surface area contributed by atoms with Crippen LogP contribution in [-0.2, 0) is 0 Å². The summed E-state index contributed by atoms with van der Waals surface area (Å²) < 4.78 is 0. The summed E-state index contributed by atoms with van der Waals surface area (Å²) in [6.07, 6.45) is 6.94. The van der Waals surface area contributed by atoms with Crippen LogP contribution >= 0.6 is 0 Å². The van der Waals surface area contributed by atoms with Crippen LogP contribution < -0.4 is 0 Å². The third-order valence-corrected chi connectivity index (χ3v) is 2.24. The highest BCUT2D eigenvalue weighted by molar-refractivity contribution is 4.69. The molecule has 0 aliphatic carbocycles. The molecule has 1 rings (SSSR count). The Balaban J connectivity index is 2.32. The summed E-state index contributed by atoms with van der Waals surface area (Å²) in [5.41, 5.74) is 0. The molecule has 1 heteroatoms. The van der Waals surface area contributed by atoms with Crippen molar-refractivity contribution < 1.29 is 0 Å². The van der Waals surface area contributed by atoms with E-state index in [1.54, 1.807) is 0 Å². The van der Waals surface area contributed by atoms with Crippen LogP contribution in [0.25, 0.3) is 0 Å². The van der Waals surface area contributed by atoms with Crippen molar-refractivity contribution in [1.82, 2.24) is 4.90 Å². The van der Waals surface area contributed by atoms with Gasteiger partial charge in [-0.3, -0.25) is 0 Å². The fourth-order valence-corrected chi connectivity index (χ4v) is 1.42. The monoisotopic (exact) mass is 138 g/mol. The van der Waals surface area contributed by atoms with Crippen LogP contribution in [0.4, 0.5) is 0 Å². The van der Waals surface area contributed by atoms with E-state index in [9.17, 15) is 0 Å². The van der Waals surface area contributed by atoms with Crippen molar-refractivity contribution in [3.8, 4) is 0 Å². The molecule has 1 saturated heterocycles. The molecule has 0 aromatic rings. The van der Waals surface area contributed by atoms with Crippen molar-refractivity contribution in [2.45, 2.75) is 26.2 Å². The average molecular weight is 138 g/mol. The van der Waals surface area contributed by atoms with Gasteiger partial charge in [0.15, 0.2) is 6.58 Å².